The molecule has 0 saturated carbocycles. The fraction of sp³-hybridized carbons (Fsp3) is 0.214. The van der Waals surface area contributed by atoms with Crippen LogP contribution in [0.15, 0.2) is 52.3 Å². The zero-order chi connectivity index (χ0) is 11.8. The first-order chi connectivity index (χ1) is 7.81. The molecule has 1 aromatic rings. The predicted octanol–water partition coefficient (Wildman–Crippen LogP) is 4.46. The minimum atomic E-state index is 0.747. The van der Waals surface area contributed by atoms with Gasteiger partial charge in [0.05, 0.1) is 0 Å². The largest absolute Gasteiger partial charge is 0.298 e. The highest BCUT2D eigenvalue weighted by molar-refractivity contribution is 8.03. The van der Waals surface area contributed by atoms with E-state index in [9.17, 15) is 4.79 Å². The van der Waals surface area contributed by atoms with E-state index in [-0.39, 0.29) is 0 Å². The molecule has 0 heterocycles. The van der Waals surface area contributed by atoms with Crippen LogP contribution in [-0.4, -0.2) is 6.29 Å². The number of rotatable bonds is 5. The van der Waals surface area contributed by atoms with E-state index in [1.165, 1.54) is 0 Å². The average molecular weight is 232 g/mol. The Morgan fingerprint density at radius 2 is 2.12 bits per heavy atom. The molecule has 1 nitrogen and oxygen atoms in total. The molecule has 0 bridgehead atoms. The lowest BCUT2D eigenvalue weighted by Gasteiger charge is -2.04. The SMILES string of the molecule is C/C=C(\C=C/CC)Sc1ccccc1C=O. The molecule has 1 aromatic carbocycles. The van der Waals surface area contributed by atoms with Crippen LogP contribution in [0.3, 0.4) is 0 Å². The summed E-state index contributed by atoms with van der Waals surface area (Å²) < 4.78 is 0. The van der Waals surface area contributed by atoms with Gasteiger partial charge in [-0.2, -0.15) is 0 Å². The molecule has 2 heteroatoms. The molecule has 0 radical (unpaired) electrons. The van der Waals surface area contributed by atoms with Crippen molar-refractivity contribution >= 4 is 18.0 Å². The topological polar surface area (TPSA) is 17.1 Å². The molecule has 0 fully saturated rings. The van der Waals surface area contributed by atoms with Gasteiger partial charge in [-0.05, 0) is 19.4 Å². The Kier molecular flexibility index (Phi) is 5.65. The van der Waals surface area contributed by atoms with Gasteiger partial charge >= 0.3 is 0 Å². The van der Waals surface area contributed by atoms with Gasteiger partial charge in [0.2, 0.25) is 0 Å². The number of allylic oxidation sites excluding steroid dienone is 3. The van der Waals surface area contributed by atoms with Crippen molar-refractivity contribution in [1.82, 2.24) is 0 Å². The summed E-state index contributed by atoms with van der Waals surface area (Å²) in [5.74, 6) is 0. The fourth-order valence-corrected chi connectivity index (χ4v) is 2.14. The van der Waals surface area contributed by atoms with Crippen molar-refractivity contribution in [3.63, 3.8) is 0 Å². The standard InChI is InChI=1S/C14H16OS/c1-3-5-9-13(4-2)16-14-10-7-6-8-12(14)11-15/h4-11H,3H2,1-2H3/b9-5-,13-4+. The highest BCUT2D eigenvalue weighted by Gasteiger charge is 2.02. The van der Waals surface area contributed by atoms with E-state index in [4.69, 9.17) is 0 Å². The van der Waals surface area contributed by atoms with Crippen LogP contribution in [0.4, 0.5) is 0 Å². The summed E-state index contributed by atoms with van der Waals surface area (Å²) in [7, 11) is 0. The fourth-order valence-electron chi connectivity index (χ4n) is 1.22. The number of benzene rings is 1. The molecule has 84 valence electrons. The molecule has 16 heavy (non-hydrogen) atoms. The number of carbonyl (C=O) groups is 1. The van der Waals surface area contributed by atoms with Crippen LogP contribution >= 0.6 is 11.8 Å². The van der Waals surface area contributed by atoms with Gasteiger partial charge in [0.15, 0.2) is 6.29 Å². The van der Waals surface area contributed by atoms with Crippen molar-refractivity contribution in [3.8, 4) is 0 Å². The van der Waals surface area contributed by atoms with Gasteiger partial charge in [0.25, 0.3) is 0 Å². The van der Waals surface area contributed by atoms with E-state index >= 15 is 0 Å². The first-order valence-electron chi connectivity index (χ1n) is 5.36. The predicted molar refractivity (Wildman–Crippen MR) is 70.9 cm³/mol. The first kappa shape index (κ1) is 12.8. The van der Waals surface area contributed by atoms with Crippen LogP contribution in [0.25, 0.3) is 0 Å². The molecular formula is C14H16OS. The average Bonchev–Trinajstić information content (AvgIpc) is 2.34. The summed E-state index contributed by atoms with van der Waals surface area (Å²) in [4.78, 5) is 13.0. The number of hydrogen-bond acceptors (Lipinski definition) is 2. The maximum atomic E-state index is 10.9. The van der Waals surface area contributed by atoms with Crippen molar-refractivity contribution in [2.24, 2.45) is 0 Å². The van der Waals surface area contributed by atoms with Crippen LogP contribution in [0.2, 0.25) is 0 Å². The third-order valence-corrected chi connectivity index (χ3v) is 3.28. The molecule has 0 spiro atoms. The number of hydrogen-bond donors (Lipinski definition) is 0. The van der Waals surface area contributed by atoms with Crippen molar-refractivity contribution < 1.29 is 4.79 Å². The molecule has 0 N–H and O–H groups in total. The van der Waals surface area contributed by atoms with E-state index in [0.29, 0.717) is 0 Å². The van der Waals surface area contributed by atoms with Gasteiger partial charge in [-0.15, -0.1) is 0 Å². The van der Waals surface area contributed by atoms with Gasteiger partial charge in [-0.25, -0.2) is 0 Å². The van der Waals surface area contributed by atoms with E-state index in [2.05, 4.69) is 25.2 Å². The Bertz CT molecular complexity index is 405. The summed E-state index contributed by atoms with van der Waals surface area (Å²) in [5.41, 5.74) is 0.747. The van der Waals surface area contributed by atoms with E-state index in [1.54, 1.807) is 11.8 Å². The second kappa shape index (κ2) is 7.07. The lowest BCUT2D eigenvalue weighted by atomic mass is 10.2. The van der Waals surface area contributed by atoms with Crippen molar-refractivity contribution in [2.45, 2.75) is 25.2 Å². The lowest BCUT2D eigenvalue weighted by molar-refractivity contribution is 0.112. The van der Waals surface area contributed by atoms with E-state index in [0.717, 1.165) is 28.1 Å². The third kappa shape index (κ3) is 3.70. The molecular weight excluding hydrogens is 216 g/mol. The Morgan fingerprint density at radius 1 is 1.38 bits per heavy atom. The van der Waals surface area contributed by atoms with E-state index < -0.39 is 0 Å². The maximum Gasteiger partial charge on any atom is 0.151 e. The quantitative estimate of drug-likeness (QED) is 0.423. The Balaban J connectivity index is 2.86. The van der Waals surface area contributed by atoms with Gasteiger partial charge in [0, 0.05) is 15.4 Å². The smallest absolute Gasteiger partial charge is 0.151 e. The van der Waals surface area contributed by atoms with Crippen LogP contribution in [0, 0.1) is 0 Å². The molecule has 0 aromatic heterocycles. The number of aldehydes is 1. The molecule has 0 amide bonds. The van der Waals surface area contributed by atoms with Gasteiger partial charge in [-0.1, -0.05) is 55.1 Å². The van der Waals surface area contributed by atoms with Gasteiger partial charge in [-0.3, -0.25) is 4.79 Å². The highest BCUT2D eigenvalue weighted by atomic mass is 32.2. The minimum Gasteiger partial charge on any atom is -0.298 e. The molecule has 0 aliphatic carbocycles. The number of thioether (sulfide) groups is 1. The van der Waals surface area contributed by atoms with Crippen LogP contribution in [-0.2, 0) is 0 Å². The van der Waals surface area contributed by atoms with Crippen molar-refractivity contribution in [1.29, 1.82) is 0 Å². The molecule has 0 atom stereocenters. The maximum absolute atomic E-state index is 10.9. The van der Waals surface area contributed by atoms with Gasteiger partial charge in [0.1, 0.15) is 0 Å². The molecule has 0 aliphatic rings. The minimum absolute atomic E-state index is 0.747. The molecule has 0 saturated heterocycles. The molecule has 0 unspecified atom stereocenters. The zero-order valence-corrected chi connectivity index (χ0v) is 10.5. The zero-order valence-electron chi connectivity index (χ0n) is 9.64. The third-order valence-electron chi connectivity index (χ3n) is 2.08. The second-order valence-corrected chi connectivity index (χ2v) is 4.37. The van der Waals surface area contributed by atoms with Gasteiger partial charge < -0.3 is 0 Å². The lowest BCUT2D eigenvalue weighted by Crippen LogP contribution is -1.84. The summed E-state index contributed by atoms with van der Waals surface area (Å²) in [5, 5.41) is 0. The monoisotopic (exact) mass is 232 g/mol. The Morgan fingerprint density at radius 3 is 2.75 bits per heavy atom. The normalized spacial score (nSPS) is 12.0. The first-order valence-corrected chi connectivity index (χ1v) is 6.18. The second-order valence-electron chi connectivity index (χ2n) is 3.26. The molecule has 1 rings (SSSR count). The van der Waals surface area contributed by atoms with Crippen LogP contribution in [0.5, 0.6) is 0 Å². The highest BCUT2D eigenvalue weighted by Crippen LogP contribution is 2.29. The van der Waals surface area contributed by atoms with Crippen molar-refractivity contribution in [2.75, 3.05) is 0 Å². The summed E-state index contributed by atoms with van der Waals surface area (Å²) in [6.45, 7) is 4.11. The van der Waals surface area contributed by atoms with Crippen LogP contribution in [0.1, 0.15) is 30.6 Å². The summed E-state index contributed by atoms with van der Waals surface area (Å²) in [6.07, 6.45) is 8.18. The number of carbonyl (C=O) groups excluding carboxylic acids is 1. The van der Waals surface area contributed by atoms with E-state index in [1.807, 2.05) is 31.2 Å². The summed E-state index contributed by atoms with van der Waals surface area (Å²) in [6, 6.07) is 7.64. The Labute approximate surface area is 101 Å². The Hall–Kier alpha value is -1.28. The summed E-state index contributed by atoms with van der Waals surface area (Å²) >= 11 is 1.62. The molecule has 0 aliphatic heterocycles. The van der Waals surface area contributed by atoms with Crippen molar-refractivity contribution in [3.05, 3.63) is 53.0 Å². The van der Waals surface area contributed by atoms with Crippen LogP contribution < -0.4 is 0 Å².